The van der Waals surface area contributed by atoms with Crippen LogP contribution in [0.3, 0.4) is 0 Å². The molecule has 0 amide bonds. The molecule has 1 fully saturated rings. The molecule has 3 rings (SSSR count). The molecule has 2 N–H and O–H groups in total. The number of H-pyrrole nitrogens is 1. The molecule has 1 saturated heterocycles. The summed E-state index contributed by atoms with van der Waals surface area (Å²) < 4.78 is 0. The Morgan fingerprint density at radius 2 is 2.19 bits per heavy atom. The number of aromatic amines is 1. The van der Waals surface area contributed by atoms with Gasteiger partial charge in [0.05, 0.1) is 0 Å². The molecule has 1 aromatic carbocycles. The summed E-state index contributed by atoms with van der Waals surface area (Å²) >= 11 is 0. The van der Waals surface area contributed by atoms with E-state index in [2.05, 4.69) is 50.5 Å². The van der Waals surface area contributed by atoms with Crippen molar-refractivity contribution in [3.05, 3.63) is 53.6 Å². The SMILES string of the molecule is Cc1ncc(CNC2CCCN(Cc3ccccc3)C2)[nH]1. The van der Waals surface area contributed by atoms with E-state index in [0.29, 0.717) is 6.04 Å². The third-order valence-corrected chi connectivity index (χ3v) is 4.09. The number of rotatable bonds is 5. The lowest BCUT2D eigenvalue weighted by atomic mass is 10.0. The highest BCUT2D eigenvalue weighted by molar-refractivity contribution is 5.14. The van der Waals surface area contributed by atoms with Gasteiger partial charge in [0, 0.05) is 37.6 Å². The molecule has 0 radical (unpaired) electrons. The predicted molar refractivity (Wildman–Crippen MR) is 84.9 cm³/mol. The van der Waals surface area contributed by atoms with Crippen molar-refractivity contribution in [1.82, 2.24) is 20.2 Å². The highest BCUT2D eigenvalue weighted by Crippen LogP contribution is 2.14. The van der Waals surface area contributed by atoms with Crippen LogP contribution in [-0.4, -0.2) is 34.0 Å². The summed E-state index contributed by atoms with van der Waals surface area (Å²) in [5, 5.41) is 3.65. The van der Waals surface area contributed by atoms with Gasteiger partial charge in [0.25, 0.3) is 0 Å². The molecule has 4 nitrogen and oxygen atoms in total. The van der Waals surface area contributed by atoms with Gasteiger partial charge in [-0.15, -0.1) is 0 Å². The fourth-order valence-electron chi connectivity index (χ4n) is 3.02. The smallest absolute Gasteiger partial charge is 0.103 e. The molecular weight excluding hydrogens is 260 g/mol. The first-order valence-electron chi connectivity index (χ1n) is 7.80. The number of imidazole rings is 1. The Morgan fingerprint density at radius 1 is 1.33 bits per heavy atom. The second-order valence-corrected chi connectivity index (χ2v) is 5.93. The number of nitrogens with one attached hydrogen (secondary N) is 2. The maximum Gasteiger partial charge on any atom is 0.103 e. The first kappa shape index (κ1) is 14.3. The molecule has 4 heteroatoms. The lowest BCUT2D eigenvalue weighted by molar-refractivity contribution is 0.182. The van der Waals surface area contributed by atoms with Crippen LogP contribution in [0.15, 0.2) is 36.5 Å². The molecule has 21 heavy (non-hydrogen) atoms. The van der Waals surface area contributed by atoms with Crippen LogP contribution >= 0.6 is 0 Å². The van der Waals surface area contributed by atoms with E-state index in [1.807, 2.05) is 13.1 Å². The highest BCUT2D eigenvalue weighted by atomic mass is 15.2. The van der Waals surface area contributed by atoms with E-state index in [9.17, 15) is 0 Å². The van der Waals surface area contributed by atoms with Gasteiger partial charge in [-0.25, -0.2) is 4.98 Å². The van der Waals surface area contributed by atoms with Crippen molar-refractivity contribution >= 4 is 0 Å². The molecule has 1 aromatic heterocycles. The average molecular weight is 284 g/mol. The number of hydrogen-bond donors (Lipinski definition) is 2. The van der Waals surface area contributed by atoms with Crippen LogP contribution in [0.25, 0.3) is 0 Å². The molecule has 2 aromatic rings. The third kappa shape index (κ3) is 4.16. The molecule has 0 aliphatic carbocycles. The van der Waals surface area contributed by atoms with Crippen molar-refractivity contribution in [1.29, 1.82) is 0 Å². The molecule has 1 unspecified atom stereocenters. The molecule has 0 saturated carbocycles. The van der Waals surface area contributed by atoms with E-state index in [1.54, 1.807) is 0 Å². The number of nitrogens with zero attached hydrogens (tertiary/aromatic N) is 2. The van der Waals surface area contributed by atoms with E-state index in [1.165, 1.54) is 30.6 Å². The van der Waals surface area contributed by atoms with Crippen LogP contribution < -0.4 is 5.32 Å². The average Bonchev–Trinajstić information content (AvgIpc) is 2.92. The maximum absolute atomic E-state index is 4.25. The number of likely N-dealkylation sites (tertiary alicyclic amines) is 1. The highest BCUT2D eigenvalue weighted by Gasteiger charge is 2.19. The zero-order valence-corrected chi connectivity index (χ0v) is 12.7. The second-order valence-electron chi connectivity index (χ2n) is 5.93. The number of benzene rings is 1. The van der Waals surface area contributed by atoms with Crippen LogP contribution in [0.4, 0.5) is 0 Å². The van der Waals surface area contributed by atoms with Crippen LogP contribution in [0.2, 0.25) is 0 Å². The van der Waals surface area contributed by atoms with Crippen LogP contribution in [-0.2, 0) is 13.1 Å². The minimum Gasteiger partial charge on any atom is -0.345 e. The summed E-state index contributed by atoms with van der Waals surface area (Å²) in [7, 11) is 0. The van der Waals surface area contributed by atoms with Gasteiger partial charge in [0.15, 0.2) is 0 Å². The first-order chi connectivity index (χ1) is 10.3. The maximum atomic E-state index is 4.25. The minimum atomic E-state index is 0.575. The summed E-state index contributed by atoms with van der Waals surface area (Å²) in [4.78, 5) is 10.1. The van der Waals surface area contributed by atoms with E-state index < -0.39 is 0 Å². The first-order valence-corrected chi connectivity index (χ1v) is 7.80. The molecule has 1 aliphatic heterocycles. The molecule has 1 atom stereocenters. The van der Waals surface area contributed by atoms with Crippen molar-refractivity contribution in [3.8, 4) is 0 Å². The Kier molecular flexibility index (Phi) is 4.68. The Labute approximate surface area is 126 Å². The van der Waals surface area contributed by atoms with Gasteiger partial charge in [0.1, 0.15) is 5.82 Å². The van der Waals surface area contributed by atoms with Gasteiger partial charge in [-0.05, 0) is 31.9 Å². The summed E-state index contributed by atoms with van der Waals surface area (Å²) in [5.41, 5.74) is 2.58. The Morgan fingerprint density at radius 3 is 2.95 bits per heavy atom. The van der Waals surface area contributed by atoms with Gasteiger partial charge >= 0.3 is 0 Å². The fourth-order valence-corrected chi connectivity index (χ4v) is 3.02. The van der Waals surface area contributed by atoms with Crippen molar-refractivity contribution < 1.29 is 0 Å². The second kappa shape index (κ2) is 6.87. The Hall–Kier alpha value is -1.65. The van der Waals surface area contributed by atoms with Gasteiger partial charge in [-0.3, -0.25) is 4.90 Å². The molecule has 0 spiro atoms. The normalized spacial score (nSPS) is 19.8. The number of piperidine rings is 1. The molecule has 112 valence electrons. The number of aromatic nitrogens is 2. The monoisotopic (exact) mass is 284 g/mol. The lowest BCUT2D eigenvalue weighted by Crippen LogP contribution is -2.45. The van der Waals surface area contributed by atoms with Crippen LogP contribution in [0, 0.1) is 6.92 Å². The zero-order valence-electron chi connectivity index (χ0n) is 12.7. The minimum absolute atomic E-state index is 0.575. The summed E-state index contributed by atoms with van der Waals surface area (Å²) in [6.07, 6.45) is 4.46. The van der Waals surface area contributed by atoms with E-state index >= 15 is 0 Å². The lowest BCUT2D eigenvalue weighted by Gasteiger charge is -2.33. The van der Waals surface area contributed by atoms with E-state index in [-0.39, 0.29) is 0 Å². The zero-order chi connectivity index (χ0) is 14.5. The topological polar surface area (TPSA) is 44.0 Å². The molecule has 2 heterocycles. The van der Waals surface area contributed by atoms with Crippen molar-refractivity contribution in [2.24, 2.45) is 0 Å². The van der Waals surface area contributed by atoms with Crippen LogP contribution in [0.5, 0.6) is 0 Å². The van der Waals surface area contributed by atoms with Crippen molar-refractivity contribution in [2.75, 3.05) is 13.1 Å². The van der Waals surface area contributed by atoms with E-state index in [0.717, 1.165) is 25.5 Å². The van der Waals surface area contributed by atoms with Gasteiger partial charge in [0.2, 0.25) is 0 Å². The number of aryl methyl sites for hydroxylation is 1. The standard InChI is InChI=1S/C17H24N4/c1-14-18-10-17(20-14)11-19-16-8-5-9-21(13-16)12-15-6-3-2-4-7-15/h2-4,6-7,10,16,19H,5,8-9,11-13H2,1H3,(H,18,20). The summed E-state index contributed by atoms with van der Waals surface area (Å²) in [6, 6.07) is 11.3. The number of hydrogen-bond acceptors (Lipinski definition) is 3. The molecule has 1 aliphatic rings. The Balaban J connectivity index is 1.49. The predicted octanol–water partition coefficient (Wildman–Crippen LogP) is 2.47. The molecule has 0 bridgehead atoms. The largest absolute Gasteiger partial charge is 0.345 e. The van der Waals surface area contributed by atoms with Crippen molar-refractivity contribution in [3.63, 3.8) is 0 Å². The Bertz CT molecular complexity index is 549. The summed E-state index contributed by atoms with van der Waals surface area (Å²) in [5.74, 6) is 0.987. The van der Waals surface area contributed by atoms with Crippen LogP contribution in [0.1, 0.15) is 29.9 Å². The van der Waals surface area contributed by atoms with Gasteiger partial charge in [-0.2, -0.15) is 0 Å². The van der Waals surface area contributed by atoms with E-state index in [4.69, 9.17) is 0 Å². The quantitative estimate of drug-likeness (QED) is 0.886. The van der Waals surface area contributed by atoms with Gasteiger partial charge in [-0.1, -0.05) is 30.3 Å². The van der Waals surface area contributed by atoms with Gasteiger partial charge < -0.3 is 10.3 Å². The molecular formula is C17H24N4. The summed E-state index contributed by atoms with van der Waals surface area (Å²) in [6.45, 7) is 6.26. The fraction of sp³-hybridized carbons (Fsp3) is 0.471. The van der Waals surface area contributed by atoms with Crippen molar-refractivity contribution in [2.45, 2.75) is 38.9 Å². The third-order valence-electron chi connectivity index (χ3n) is 4.09.